The second-order valence-electron chi connectivity index (χ2n) is 4.99. The second-order valence-corrected chi connectivity index (χ2v) is 4.99. The molecular formula is C14H19F2NO4. The van der Waals surface area contributed by atoms with E-state index in [-0.39, 0.29) is 11.5 Å². The monoisotopic (exact) mass is 303 g/mol. The van der Waals surface area contributed by atoms with Crippen LogP contribution in [0, 0.1) is 0 Å². The van der Waals surface area contributed by atoms with Gasteiger partial charge in [0.1, 0.15) is 5.60 Å². The van der Waals surface area contributed by atoms with E-state index in [1.54, 1.807) is 12.1 Å². The minimum atomic E-state index is -2.90. The lowest BCUT2D eigenvalue weighted by molar-refractivity contribution is -0.0512. The summed E-state index contributed by atoms with van der Waals surface area (Å²) in [5, 5.41) is 13.2. The van der Waals surface area contributed by atoms with Gasteiger partial charge < -0.3 is 24.6 Å². The molecule has 118 valence electrons. The van der Waals surface area contributed by atoms with Gasteiger partial charge in [-0.2, -0.15) is 8.78 Å². The van der Waals surface area contributed by atoms with Crippen LogP contribution in [0.25, 0.3) is 0 Å². The van der Waals surface area contributed by atoms with Gasteiger partial charge in [0.05, 0.1) is 13.7 Å². The van der Waals surface area contributed by atoms with Crippen LogP contribution >= 0.6 is 0 Å². The van der Waals surface area contributed by atoms with Crippen LogP contribution in [0.3, 0.4) is 0 Å². The van der Waals surface area contributed by atoms with E-state index in [1.807, 2.05) is 0 Å². The maximum absolute atomic E-state index is 12.3. The molecule has 1 aliphatic heterocycles. The standard InChI is InChI=1S/C14H19F2NO4/c1-19-11-3-2-10(6-12(11)21-13(15)16)7-17-8-14(18)4-5-20-9-14/h2-3,6,13,17-18H,4-5,7-9H2,1H3. The Morgan fingerprint density at radius 3 is 2.86 bits per heavy atom. The quantitative estimate of drug-likeness (QED) is 0.800. The van der Waals surface area contributed by atoms with Gasteiger partial charge >= 0.3 is 6.61 Å². The van der Waals surface area contributed by atoms with Gasteiger partial charge in [0.2, 0.25) is 0 Å². The van der Waals surface area contributed by atoms with Crippen molar-refractivity contribution in [1.29, 1.82) is 0 Å². The van der Waals surface area contributed by atoms with E-state index in [0.29, 0.717) is 32.7 Å². The summed E-state index contributed by atoms with van der Waals surface area (Å²) in [5.41, 5.74) is -0.0941. The van der Waals surface area contributed by atoms with Crippen LogP contribution in [-0.2, 0) is 11.3 Å². The highest BCUT2D eigenvalue weighted by molar-refractivity contribution is 5.43. The zero-order valence-electron chi connectivity index (χ0n) is 11.8. The number of rotatable bonds is 7. The number of hydrogen-bond acceptors (Lipinski definition) is 5. The Morgan fingerprint density at radius 2 is 2.24 bits per heavy atom. The molecule has 1 saturated heterocycles. The summed E-state index contributed by atoms with van der Waals surface area (Å²) in [6, 6.07) is 4.81. The Balaban J connectivity index is 1.93. The molecule has 1 fully saturated rings. The Morgan fingerprint density at radius 1 is 1.43 bits per heavy atom. The highest BCUT2D eigenvalue weighted by Gasteiger charge is 2.31. The first-order valence-electron chi connectivity index (χ1n) is 6.65. The minimum Gasteiger partial charge on any atom is -0.493 e. The van der Waals surface area contributed by atoms with Crippen molar-refractivity contribution in [2.45, 2.75) is 25.2 Å². The summed E-state index contributed by atoms with van der Waals surface area (Å²) in [4.78, 5) is 0. The molecule has 0 aromatic heterocycles. The maximum Gasteiger partial charge on any atom is 0.387 e. The van der Waals surface area contributed by atoms with Crippen LogP contribution < -0.4 is 14.8 Å². The highest BCUT2D eigenvalue weighted by Crippen LogP contribution is 2.29. The van der Waals surface area contributed by atoms with Gasteiger partial charge in [-0.1, -0.05) is 6.07 Å². The van der Waals surface area contributed by atoms with Gasteiger partial charge in [-0.25, -0.2) is 0 Å². The predicted molar refractivity (Wildman–Crippen MR) is 71.7 cm³/mol. The maximum atomic E-state index is 12.3. The molecule has 1 aromatic carbocycles. The van der Waals surface area contributed by atoms with E-state index in [4.69, 9.17) is 9.47 Å². The summed E-state index contributed by atoms with van der Waals surface area (Å²) >= 11 is 0. The van der Waals surface area contributed by atoms with Gasteiger partial charge in [0.25, 0.3) is 0 Å². The average molecular weight is 303 g/mol. The molecule has 0 aliphatic carbocycles. The Labute approximate surface area is 121 Å². The topological polar surface area (TPSA) is 60.0 Å². The van der Waals surface area contributed by atoms with Crippen LogP contribution in [0.1, 0.15) is 12.0 Å². The normalized spacial score (nSPS) is 21.8. The van der Waals surface area contributed by atoms with E-state index in [0.717, 1.165) is 5.56 Å². The number of hydrogen-bond donors (Lipinski definition) is 2. The minimum absolute atomic E-state index is 0.00490. The van der Waals surface area contributed by atoms with Gasteiger partial charge in [-0.15, -0.1) is 0 Å². The summed E-state index contributed by atoms with van der Waals surface area (Å²) in [6.45, 7) is -1.25. The zero-order chi connectivity index (χ0) is 15.3. The third-order valence-corrected chi connectivity index (χ3v) is 3.31. The van der Waals surface area contributed by atoms with Gasteiger partial charge in [-0.05, 0) is 17.7 Å². The largest absolute Gasteiger partial charge is 0.493 e. The van der Waals surface area contributed by atoms with Crippen molar-refractivity contribution in [2.24, 2.45) is 0 Å². The number of benzene rings is 1. The van der Waals surface area contributed by atoms with Crippen LogP contribution in [0.5, 0.6) is 11.5 Å². The smallest absolute Gasteiger partial charge is 0.387 e. The molecule has 0 saturated carbocycles. The molecule has 0 spiro atoms. The molecule has 1 aromatic rings. The highest BCUT2D eigenvalue weighted by atomic mass is 19.3. The number of aliphatic hydroxyl groups is 1. The summed E-state index contributed by atoms with van der Waals surface area (Å²) < 4.78 is 39.2. The van der Waals surface area contributed by atoms with E-state index in [2.05, 4.69) is 10.1 Å². The van der Waals surface area contributed by atoms with Crippen molar-refractivity contribution >= 4 is 0 Å². The summed E-state index contributed by atoms with van der Waals surface area (Å²) in [7, 11) is 1.39. The molecule has 0 amide bonds. The average Bonchev–Trinajstić information content (AvgIpc) is 2.85. The molecule has 0 radical (unpaired) electrons. The number of methoxy groups -OCH3 is 1. The number of nitrogens with one attached hydrogen (secondary N) is 1. The molecule has 0 bridgehead atoms. The second kappa shape index (κ2) is 7.02. The molecule has 5 nitrogen and oxygen atoms in total. The predicted octanol–water partition coefficient (Wildman–Crippen LogP) is 1.54. The van der Waals surface area contributed by atoms with E-state index in [9.17, 15) is 13.9 Å². The first-order valence-corrected chi connectivity index (χ1v) is 6.65. The van der Waals surface area contributed by atoms with Gasteiger partial charge in [0, 0.05) is 26.1 Å². The van der Waals surface area contributed by atoms with Crippen LogP contribution in [0.2, 0.25) is 0 Å². The Kier molecular flexibility index (Phi) is 5.33. The Bertz CT molecular complexity index is 464. The van der Waals surface area contributed by atoms with E-state index in [1.165, 1.54) is 13.2 Å². The fourth-order valence-electron chi connectivity index (χ4n) is 2.19. The van der Waals surface area contributed by atoms with Gasteiger partial charge in [-0.3, -0.25) is 0 Å². The third kappa shape index (κ3) is 4.52. The molecule has 2 rings (SSSR count). The summed E-state index contributed by atoms with van der Waals surface area (Å²) in [5.74, 6) is 0.247. The molecular weight excluding hydrogens is 284 g/mol. The fourth-order valence-corrected chi connectivity index (χ4v) is 2.19. The van der Waals surface area contributed by atoms with Crippen molar-refractivity contribution in [1.82, 2.24) is 5.32 Å². The summed E-state index contributed by atoms with van der Waals surface area (Å²) in [6.07, 6.45) is 0.586. The van der Waals surface area contributed by atoms with E-state index < -0.39 is 12.2 Å². The van der Waals surface area contributed by atoms with Crippen molar-refractivity contribution in [2.75, 3.05) is 26.9 Å². The molecule has 2 N–H and O–H groups in total. The molecule has 21 heavy (non-hydrogen) atoms. The first kappa shape index (κ1) is 15.9. The van der Waals surface area contributed by atoms with Crippen LogP contribution in [0.4, 0.5) is 8.78 Å². The van der Waals surface area contributed by atoms with Crippen molar-refractivity contribution < 1.29 is 28.1 Å². The number of alkyl halides is 2. The van der Waals surface area contributed by atoms with E-state index >= 15 is 0 Å². The lowest BCUT2D eigenvalue weighted by atomic mass is 10.0. The molecule has 1 atom stereocenters. The van der Waals surface area contributed by atoms with Crippen LogP contribution in [-0.4, -0.2) is 44.2 Å². The SMILES string of the molecule is COc1ccc(CNCC2(O)CCOC2)cc1OC(F)F. The number of halogens is 2. The fraction of sp³-hybridized carbons (Fsp3) is 0.571. The first-order chi connectivity index (χ1) is 10.0. The van der Waals surface area contributed by atoms with Crippen molar-refractivity contribution in [3.63, 3.8) is 0 Å². The molecule has 1 unspecified atom stereocenters. The number of ether oxygens (including phenoxy) is 3. The Hall–Kier alpha value is -1.44. The lowest BCUT2D eigenvalue weighted by Gasteiger charge is -2.21. The zero-order valence-corrected chi connectivity index (χ0v) is 11.8. The van der Waals surface area contributed by atoms with Crippen molar-refractivity contribution in [3.05, 3.63) is 23.8 Å². The molecule has 1 aliphatic rings. The van der Waals surface area contributed by atoms with Crippen molar-refractivity contribution in [3.8, 4) is 11.5 Å². The van der Waals surface area contributed by atoms with Crippen LogP contribution in [0.15, 0.2) is 18.2 Å². The third-order valence-electron chi connectivity index (χ3n) is 3.31. The molecule has 7 heteroatoms. The van der Waals surface area contributed by atoms with Gasteiger partial charge in [0.15, 0.2) is 11.5 Å². The lowest BCUT2D eigenvalue weighted by Crippen LogP contribution is -2.40. The molecule has 1 heterocycles.